The summed E-state index contributed by atoms with van der Waals surface area (Å²) in [5.74, 6) is 0.582. The molecule has 0 amide bonds. The van der Waals surface area contributed by atoms with Crippen molar-refractivity contribution in [3.8, 4) is 0 Å². The standard InChI is InChI=1S/C21H35N5.HI/c1-4-25-12-7-10-19(25)14-23-20(22)24-16-21(2,3)26-13-11-17-8-5-6-9-18(17)15-26;/h5-6,8-9,19H,4,7,10-16H2,1-3H3,(H3,22,23,24);1H. The van der Waals surface area contributed by atoms with Crippen LogP contribution in [0.1, 0.15) is 44.7 Å². The van der Waals surface area contributed by atoms with Crippen LogP contribution >= 0.6 is 24.0 Å². The highest BCUT2D eigenvalue weighted by Crippen LogP contribution is 2.25. The summed E-state index contributed by atoms with van der Waals surface area (Å²) in [6.07, 6.45) is 3.67. The summed E-state index contributed by atoms with van der Waals surface area (Å²) in [4.78, 5) is 9.71. The van der Waals surface area contributed by atoms with Crippen LogP contribution < -0.4 is 11.1 Å². The molecule has 1 saturated heterocycles. The molecule has 6 heteroatoms. The van der Waals surface area contributed by atoms with Crippen LogP contribution in [-0.2, 0) is 13.0 Å². The Balaban J connectivity index is 0.00000261. The summed E-state index contributed by atoms with van der Waals surface area (Å²) in [5, 5.41) is 3.35. The molecule has 5 nitrogen and oxygen atoms in total. The van der Waals surface area contributed by atoms with E-state index in [0.29, 0.717) is 12.0 Å². The van der Waals surface area contributed by atoms with Crippen LogP contribution in [0.4, 0.5) is 0 Å². The van der Waals surface area contributed by atoms with Crippen molar-refractivity contribution in [2.75, 3.05) is 32.7 Å². The minimum Gasteiger partial charge on any atom is -0.370 e. The number of nitrogens with two attached hydrogens (primary N) is 1. The maximum absolute atomic E-state index is 6.15. The molecule has 1 aromatic rings. The summed E-state index contributed by atoms with van der Waals surface area (Å²) in [6, 6.07) is 9.37. The number of nitrogens with zero attached hydrogens (tertiary/aromatic N) is 3. The third-order valence-corrected chi connectivity index (χ3v) is 6.05. The molecule has 2 heterocycles. The lowest BCUT2D eigenvalue weighted by molar-refractivity contribution is 0.112. The number of hydrogen-bond acceptors (Lipinski definition) is 3. The van der Waals surface area contributed by atoms with E-state index >= 15 is 0 Å². The molecule has 1 unspecified atom stereocenters. The second-order valence-electron chi connectivity index (χ2n) is 8.26. The van der Waals surface area contributed by atoms with Gasteiger partial charge >= 0.3 is 0 Å². The normalized spacial score (nSPS) is 21.6. The molecule has 1 atom stereocenters. The molecule has 0 aromatic heterocycles. The number of hydrogen-bond donors (Lipinski definition) is 2. The van der Waals surface area contributed by atoms with Crippen molar-refractivity contribution in [1.82, 2.24) is 15.1 Å². The Kier molecular flexibility index (Phi) is 8.37. The fourth-order valence-electron chi connectivity index (χ4n) is 4.21. The Morgan fingerprint density at radius 3 is 2.74 bits per heavy atom. The fraction of sp³-hybridized carbons (Fsp3) is 0.667. The van der Waals surface area contributed by atoms with Gasteiger partial charge in [-0.25, -0.2) is 0 Å². The lowest BCUT2D eigenvalue weighted by Crippen LogP contribution is -2.49. The van der Waals surface area contributed by atoms with E-state index in [9.17, 15) is 0 Å². The van der Waals surface area contributed by atoms with Crippen molar-refractivity contribution in [2.24, 2.45) is 10.7 Å². The molecular formula is C21H36IN5. The topological polar surface area (TPSA) is 56.9 Å². The number of benzene rings is 1. The van der Waals surface area contributed by atoms with Gasteiger partial charge in [0.25, 0.3) is 0 Å². The predicted octanol–water partition coefficient (Wildman–Crippen LogP) is 2.83. The monoisotopic (exact) mass is 485 g/mol. The van der Waals surface area contributed by atoms with Gasteiger partial charge in [-0.3, -0.25) is 14.8 Å². The fourth-order valence-corrected chi connectivity index (χ4v) is 4.21. The van der Waals surface area contributed by atoms with E-state index < -0.39 is 0 Å². The molecule has 3 N–H and O–H groups in total. The summed E-state index contributed by atoms with van der Waals surface area (Å²) in [7, 11) is 0. The Morgan fingerprint density at radius 1 is 1.26 bits per heavy atom. The van der Waals surface area contributed by atoms with E-state index in [2.05, 4.69) is 65.1 Å². The van der Waals surface area contributed by atoms with Crippen molar-refractivity contribution in [3.63, 3.8) is 0 Å². The van der Waals surface area contributed by atoms with Crippen molar-refractivity contribution in [1.29, 1.82) is 0 Å². The van der Waals surface area contributed by atoms with Crippen molar-refractivity contribution >= 4 is 29.9 Å². The van der Waals surface area contributed by atoms with Gasteiger partial charge in [-0.05, 0) is 57.3 Å². The molecule has 0 radical (unpaired) electrons. The van der Waals surface area contributed by atoms with Gasteiger partial charge in [0.1, 0.15) is 0 Å². The quantitative estimate of drug-likeness (QED) is 0.370. The largest absolute Gasteiger partial charge is 0.370 e. The zero-order chi connectivity index (χ0) is 18.6. The SMILES string of the molecule is CCN1CCCC1CNC(N)=NCC(C)(C)N1CCc2ccccc2C1.I. The van der Waals surface area contributed by atoms with E-state index in [1.807, 2.05) is 0 Å². The zero-order valence-electron chi connectivity index (χ0n) is 17.1. The average molecular weight is 485 g/mol. The van der Waals surface area contributed by atoms with Gasteiger partial charge in [0.05, 0.1) is 6.54 Å². The second kappa shape index (κ2) is 10.1. The van der Waals surface area contributed by atoms with E-state index in [4.69, 9.17) is 5.73 Å². The minimum absolute atomic E-state index is 0. The van der Waals surface area contributed by atoms with Crippen LogP contribution in [0.2, 0.25) is 0 Å². The second-order valence-corrected chi connectivity index (χ2v) is 8.26. The first-order valence-corrected chi connectivity index (χ1v) is 10.1. The zero-order valence-corrected chi connectivity index (χ0v) is 19.4. The van der Waals surface area contributed by atoms with Crippen LogP contribution in [0.5, 0.6) is 0 Å². The highest BCUT2D eigenvalue weighted by atomic mass is 127. The smallest absolute Gasteiger partial charge is 0.188 e. The highest BCUT2D eigenvalue weighted by molar-refractivity contribution is 14.0. The number of rotatable bonds is 6. The van der Waals surface area contributed by atoms with Gasteiger partial charge < -0.3 is 11.1 Å². The molecule has 0 aliphatic carbocycles. The highest BCUT2D eigenvalue weighted by Gasteiger charge is 2.29. The molecule has 0 bridgehead atoms. The van der Waals surface area contributed by atoms with E-state index in [-0.39, 0.29) is 29.5 Å². The Bertz CT molecular complexity index is 631. The van der Waals surface area contributed by atoms with E-state index in [1.165, 1.54) is 30.5 Å². The molecule has 1 fully saturated rings. The van der Waals surface area contributed by atoms with Crippen LogP contribution in [0.15, 0.2) is 29.3 Å². The summed E-state index contributed by atoms with van der Waals surface area (Å²) in [5.41, 5.74) is 9.09. The third kappa shape index (κ3) is 5.81. The summed E-state index contributed by atoms with van der Waals surface area (Å²) >= 11 is 0. The number of halogens is 1. The van der Waals surface area contributed by atoms with Crippen LogP contribution in [0, 0.1) is 0 Å². The third-order valence-electron chi connectivity index (χ3n) is 6.05. The van der Waals surface area contributed by atoms with E-state index in [0.717, 1.165) is 39.1 Å². The Labute approximate surface area is 181 Å². The molecule has 2 aliphatic heterocycles. The number of guanidine groups is 1. The lowest BCUT2D eigenvalue weighted by atomic mass is 9.94. The first-order chi connectivity index (χ1) is 12.5. The maximum atomic E-state index is 6.15. The lowest BCUT2D eigenvalue weighted by Gasteiger charge is -2.40. The number of fused-ring (bicyclic) bond motifs is 1. The Morgan fingerprint density at radius 2 is 2.00 bits per heavy atom. The molecule has 3 rings (SSSR count). The average Bonchev–Trinajstić information content (AvgIpc) is 3.12. The van der Waals surface area contributed by atoms with Crippen molar-refractivity contribution < 1.29 is 0 Å². The van der Waals surface area contributed by atoms with Gasteiger partial charge in [-0.15, -0.1) is 24.0 Å². The van der Waals surface area contributed by atoms with Crippen molar-refractivity contribution in [2.45, 2.75) is 58.2 Å². The molecule has 2 aliphatic rings. The predicted molar refractivity (Wildman–Crippen MR) is 125 cm³/mol. The molecule has 152 valence electrons. The van der Waals surface area contributed by atoms with Gasteiger partial charge in [0, 0.05) is 31.2 Å². The maximum Gasteiger partial charge on any atom is 0.188 e. The molecule has 0 spiro atoms. The number of likely N-dealkylation sites (tertiary alicyclic amines) is 1. The first kappa shape index (κ1) is 22.4. The van der Waals surface area contributed by atoms with E-state index in [1.54, 1.807) is 0 Å². The van der Waals surface area contributed by atoms with Gasteiger partial charge in [-0.1, -0.05) is 31.2 Å². The molecular weight excluding hydrogens is 449 g/mol. The molecule has 1 aromatic carbocycles. The minimum atomic E-state index is 0. The number of likely N-dealkylation sites (N-methyl/N-ethyl adjacent to an activating group) is 1. The van der Waals surface area contributed by atoms with Crippen LogP contribution in [0.3, 0.4) is 0 Å². The molecule has 27 heavy (non-hydrogen) atoms. The first-order valence-electron chi connectivity index (χ1n) is 10.1. The van der Waals surface area contributed by atoms with Gasteiger partial charge in [0.15, 0.2) is 5.96 Å². The summed E-state index contributed by atoms with van der Waals surface area (Å²) in [6.45, 7) is 12.8. The van der Waals surface area contributed by atoms with Crippen molar-refractivity contribution in [3.05, 3.63) is 35.4 Å². The van der Waals surface area contributed by atoms with Gasteiger partial charge in [0.2, 0.25) is 0 Å². The van der Waals surface area contributed by atoms with Crippen LogP contribution in [-0.4, -0.2) is 60.1 Å². The van der Waals surface area contributed by atoms with Crippen LogP contribution in [0.25, 0.3) is 0 Å². The number of aliphatic imine (C=N–C) groups is 1. The summed E-state index contributed by atoms with van der Waals surface area (Å²) < 4.78 is 0. The number of nitrogens with one attached hydrogen (secondary N) is 1. The molecule has 0 saturated carbocycles. The van der Waals surface area contributed by atoms with Gasteiger partial charge in [-0.2, -0.15) is 0 Å². The Hall–Kier alpha value is -0.860.